The van der Waals surface area contributed by atoms with Crippen LogP contribution in [0.25, 0.3) is 0 Å². The lowest BCUT2D eigenvalue weighted by molar-refractivity contribution is 0.0898. The van der Waals surface area contributed by atoms with Gasteiger partial charge >= 0.3 is 0 Å². The number of nitrogens with zero attached hydrogens (tertiary/aromatic N) is 1. The number of halogens is 2. The van der Waals surface area contributed by atoms with Crippen molar-refractivity contribution in [3.63, 3.8) is 0 Å². The number of amides is 1. The topological polar surface area (TPSA) is 58.4 Å². The van der Waals surface area contributed by atoms with Gasteiger partial charge in [0.2, 0.25) is 0 Å². The summed E-state index contributed by atoms with van der Waals surface area (Å²) >= 11 is 0. The summed E-state index contributed by atoms with van der Waals surface area (Å²) in [6, 6.07) is 8.46. The molecule has 0 heterocycles. The SMILES string of the molecule is CCN(Cc1ccc(C(=O)NC(C)(CN)C2CC2)cc1)C(C)C.Cl.Cl. The van der Waals surface area contributed by atoms with Crippen LogP contribution in [0.4, 0.5) is 0 Å². The van der Waals surface area contributed by atoms with E-state index in [2.05, 4.69) is 50.0 Å². The maximum absolute atomic E-state index is 12.5. The molecule has 6 heteroatoms. The van der Waals surface area contributed by atoms with Gasteiger partial charge in [0.25, 0.3) is 5.91 Å². The molecule has 0 bridgehead atoms. The summed E-state index contributed by atoms with van der Waals surface area (Å²) in [6.07, 6.45) is 2.32. The summed E-state index contributed by atoms with van der Waals surface area (Å²) in [7, 11) is 0. The second kappa shape index (κ2) is 10.4. The first kappa shape index (κ1) is 24.2. The fraction of sp³-hybridized carbons (Fsp3) is 0.632. The maximum Gasteiger partial charge on any atom is 0.251 e. The molecular formula is C19H33Cl2N3O. The average Bonchev–Trinajstić information content (AvgIpc) is 3.38. The van der Waals surface area contributed by atoms with E-state index in [1.165, 1.54) is 5.56 Å². The molecule has 3 N–H and O–H groups in total. The van der Waals surface area contributed by atoms with Gasteiger partial charge in [0.15, 0.2) is 0 Å². The Morgan fingerprint density at radius 2 is 1.84 bits per heavy atom. The number of carbonyl (C=O) groups excluding carboxylic acids is 1. The zero-order valence-electron chi connectivity index (χ0n) is 15.7. The molecule has 2 rings (SSSR count). The molecule has 1 unspecified atom stereocenters. The van der Waals surface area contributed by atoms with Crippen molar-refractivity contribution in [3.05, 3.63) is 35.4 Å². The molecule has 0 radical (unpaired) electrons. The normalized spacial score (nSPS) is 16.0. The number of nitrogens with one attached hydrogen (secondary N) is 1. The zero-order valence-corrected chi connectivity index (χ0v) is 17.4. The number of hydrogen-bond donors (Lipinski definition) is 2. The summed E-state index contributed by atoms with van der Waals surface area (Å²) in [5, 5.41) is 3.14. The van der Waals surface area contributed by atoms with Gasteiger partial charge in [-0.15, -0.1) is 24.8 Å². The number of benzene rings is 1. The minimum absolute atomic E-state index is 0. The number of rotatable bonds is 8. The Bertz CT molecular complexity index is 532. The van der Waals surface area contributed by atoms with Crippen molar-refractivity contribution in [2.45, 2.75) is 58.7 Å². The Morgan fingerprint density at radius 1 is 1.28 bits per heavy atom. The van der Waals surface area contributed by atoms with Crippen molar-refractivity contribution in [1.29, 1.82) is 0 Å². The van der Waals surface area contributed by atoms with Gasteiger partial charge in [-0.2, -0.15) is 0 Å². The second-order valence-corrected chi connectivity index (χ2v) is 7.20. The number of carbonyl (C=O) groups is 1. The molecule has 1 amide bonds. The van der Waals surface area contributed by atoms with Crippen LogP contribution in [-0.4, -0.2) is 35.5 Å². The molecule has 4 nitrogen and oxygen atoms in total. The van der Waals surface area contributed by atoms with Crippen LogP contribution in [0.2, 0.25) is 0 Å². The second-order valence-electron chi connectivity index (χ2n) is 7.20. The Labute approximate surface area is 164 Å². The third-order valence-electron chi connectivity index (χ3n) is 5.04. The minimum atomic E-state index is -0.271. The van der Waals surface area contributed by atoms with Gasteiger partial charge in [0.1, 0.15) is 0 Å². The summed E-state index contributed by atoms with van der Waals surface area (Å²) in [5.74, 6) is 0.507. The van der Waals surface area contributed by atoms with Crippen molar-refractivity contribution in [2.75, 3.05) is 13.1 Å². The van der Waals surface area contributed by atoms with E-state index in [9.17, 15) is 4.79 Å². The van der Waals surface area contributed by atoms with Crippen molar-refractivity contribution >= 4 is 30.7 Å². The average molecular weight is 390 g/mol. The first-order chi connectivity index (χ1) is 10.9. The standard InChI is InChI=1S/C19H31N3O.2ClH/c1-5-22(14(2)3)12-15-6-8-16(9-7-15)18(23)21-19(4,13-20)17-10-11-17;;/h6-9,14,17H,5,10-13,20H2,1-4H3,(H,21,23);2*1H. The van der Waals surface area contributed by atoms with Crippen LogP contribution in [-0.2, 0) is 6.54 Å². The Balaban J connectivity index is 0.00000288. The molecule has 1 saturated carbocycles. The highest BCUT2D eigenvalue weighted by Crippen LogP contribution is 2.39. The third-order valence-corrected chi connectivity index (χ3v) is 5.04. The van der Waals surface area contributed by atoms with Crippen LogP contribution in [0.15, 0.2) is 24.3 Å². The highest BCUT2D eigenvalue weighted by Gasteiger charge is 2.41. The predicted molar refractivity (Wildman–Crippen MR) is 110 cm³/mol. The van der Waals surface area contributed by atoms with Crippen LogP contribution in [0.1, 0.15) is 56.5 Å². The third kappa shape index (κ3) is 6.45. The van der Waals surface area contributed by atoms with E-state index >= 15 is 0 Å². The van der Waals surface area contributed by atoms with Crippen molar-refractivity contribution in [3.8, 4) is 0 Å². The van der Waals surface area contributed by atoms with E-state index in [0.717, 1.165) is 25.9 Å². The van der Waals surface area contributed by atoms with Crippen LogP contribution in [0.5, 0.6) is 0 Å². The van der Waals surface area contributed by atoms with Crippen LogP contribution in [0.3, 0.4) is 0 Å². The maximum atomic E-state index is 12.5. The molecule has 144 valence electrons. The van der Waals surface area contributed by atoms with Gasteiger partial charge < -0.3 is 11.1 Å². The Kier molecular flexibility index (Phi) is 10.0. The fourth-order valence-electron chi connectivity index (χ4n) is 3.03. The Hall–Kier alpha value is -0.810. The largest absolute Gasteiger partial charge is 0.345 e. The van der Waals surface area contributed by atoms with E-state index in [1.54, 1.807) is 0 Å². The van der Waals surface area contributed by atoms with Crippen molar-refractivity contribution in [2.24, 2.45) is 11.7 Å². The van der Waals surface area contributed by atoms with E-state index in [-0.39, 0.29) is 36.3 Å². The van der Waals surface area contributed by atoms with Gasteiger partial charge in [0, 0.05) is 24.7 Å². The van der Waals surface area contributed by atoms with Gasteiger partial charge in [-0.25, -0.2) is 0 Å². The number of hydrogen-bond acceptors (Lipinski definition) is 3. The summed E-state index contributed by atoms with van der Waals surface area (Å²) < 4.78 is 0. The van der Waals surface area contributed by atoms with Crippen molar-refractivity contribution < 1.29 is 4.79 Å². The molecule has 1 aliphatic carbocycles. The molecule has 1 aromatic rings. The lowest BCUT2D eigenvalue weighted by Crippen LogP contribution is -2.53. The lowest BCUT2D eigenvalue weighted by Gasteiger charge is -2.29. The van der Waals surface area contributed by atoms with Crippen LogP contribution >= 0.6 is 24.8 Å². The van der Waals surface area contributed by atoms with Crippen molar-refractivity contribution in [1.82, 2.24) is 10.2 Å². The van der Waals surface area contributed by atoms with Gasteiger partial charge in [-0.3, -0.25) is 9.69 Å². The molecule has 1 fully saturated rings. The summed E-state index contributed by atoms with van der Waals surface area (Å²) in [6.45, 7) is 11.1. The summed E-state index contributed by atoms with van der Waals surface area (Å²) in [5.41, 5.74) is 7.55. The molecule has 25 heavy (non-hydrogen) atoms. The van der Waals surface area contributed by atoms with E-state index < -0.39 is 0 Å². The lowest BCUT2D eigenvalue weighted by atomic mass is 9.95. The minimum Gasteiger partial charge on any atom is -0.345 e. The molecule has 0 saturated heterocycles. The van der Waals surface area contributed by atoms with E-state index in [0.29, 0.717) is 24.1 Å². The molecule has 1 atom stereocenters. The predicted octanol–water partition coefficient (Wildman–Crippen LogP) is 3.62. The molecular weight excluding hydrogens is 357 g/mol. The zero-order chi connectivity index (χ0) is 17.0. The van der Waals surface area contributed by atoms with Gasteiger partial charge in [-0.1, -0.05) is 19.1 Å². The fourth-order valence-corrected chi connectivity index (χ4v) is 3.03. The molecule has 1 aliphatic rings. The molecule has 1 aromatic carbocycles. The summed E-state index contributed by atoms with van der Waals surface area (Å²) in [4.78, 5) is 14.9. The van der Waals surface area contributed by atoms with Crippen LogP contribution in [0, 0.1) is 5.92 Å². The first-order valence-electron chi connectivity index (χ1n) is 8.75. The highest BCUT2D eigenvalue weighted by molar-refractivity contribution is 5.94. The van der Waals surface area contributed by atoms with E-state index in [4.69, 9.17) is 5.73 Å². The smallest absolute Gasteiger partial charge is 0.251 e. The van der Waals surface area contributed by atoms with Gasteiger partial charge in [-0.05, 0) is 63.8 Å². The van der Waals surface area contributed by atoms with Crippen LogP contribution < -0.4 is 11.1 Å². The van der Waals surface area contributed by atoms with E-state index in [1.807, 2.05) is 12.1 Å². The first-order valence-corrected chi connectivity index (χ1v) is 8.75. The molecule has 0 aromatic heterocycles. The molecule has 0 aliphatic heterocycles. The quantitative estimate of drug-likeness (QED) is 0.713. The highest BCUT2D eigenvalue weighted by atomic mass is 35.5. The monoisotopic (exact) mass is 389 g/mol. The number of nitrogens with two attached hydrogens (primary N) is 1. The Morgan fingerprint density at radius 3 is 2.24 bits per heavy atom. The molecule has 0 spiro atoms. The van der Waals surface area contributed by atoms with Gasteiger partial charge in [0.05, 0.1) is 5.54 Å².